The van der Waals surface area contributed by atoms with Crippen molar-refractivity contribution in [2.45, 2.75) is 44.9 Å². The molecule has 1 unspecified atom stereocenters. The van der Waals surface area contributed by atoms with Crippen LogP contribution in [0.15, 0.2) is 78.0 Å². The topological polar surface area (TPSA) is 79.8 Å². The molecule has 1 saturated carbocycles. The molecule has 1 atom stereocenters. The number of fused-ring (bicyclic) bond motifs is 1. The summed E-state index contributed by atoms with van der Waals surface area (Å²) in [5.41, 5.74) is 5.80. The highest BCUT2D eigenvalue weighted by Gasteiger charge is 2.27. The van der Waals surface area contributed by atoms with E-state index in [1.165, 1.54) is 12.8 Å². The van der Waals surface area contributed by atoms with Crippen LogP contribution >= 0.6 is 0 Å². The summed E-state index contributed by atoms with van der Waals surface area (Å²) in [5.74, 6) is 0.843. The van der Waals surface area contributed by atoms with E-state index in [0.717, 1.165) is 59.6 Å². The van der Waals surface area contributed by atoms with Crippen molar-refractivity contribution in [1.82, 2.24) is 5.32 Å². The molecule has 1 heterocycles. The molecule has 2 N–H and O–H groups in total. The highest BCUT2D eigenvalue weighted by molar-refractivity contribution is 6.29. The number of allylic oxidation sites excluding steroid dienone is 4. The standard InChI is InChI=1S/C31H33N3O3/c1-20-27-18-15-25(33-30(35)22-7-5-3-4-6-8-22)19-28(27)34-29(20)21-9-13-24(14-10-21)32-31(36)23-11-16-26(37-2)17-12-23/h9,11-19,21-22H,1,3-8,10H2,2H3,(H,32,36)(H,33,35). The number of carbonyl (C=O) groups is 2. The van der Waals surface area contributed by atoms with Gasteiger partial charge in [-0.25, -0.2) is 0 Å². The van der Waals surface area contributed by atoms with E-state index in [2.05, 4.69) is 23.3 Å². The van der Waals surface area contributed by atoms with Gasteiger partial charge in [0.1, 0.15) is 5.75 Å². The monoisotopic (exact) mass is 495 g/mol. The van der Waals surface area contributed by atoms with Crippen LogP contribution in [0.3, 0.4) is 0 Å². The Morgan fingerprint density at radius 1 is 1.00 bits per heavy atom. The SMILES string of the molecule is C=C1C(C2C=CC(NC(=O)c3ccc(OC)cc3)=CC2)=Nc2cc(NC(=O)C3CCCCCC3)ccc21. The largest absolute Gasteiger partial charge is 0.497 e. The van der Waals surface area contributed by atoms with Gasteiger partial charge in [-0.05, 0) is 67.3 Å². The van der Waals surface area contributed by atoms with Crippen molar-refractivity contribution in [2.24, 2.45) is 16.8 Å². The average molecular weight is 496 g/mol. The van der Waals surface area contributed by atoms with Crippen LogP contribution in [0.5, 0.6) is 5.75 Å². The van der Waals surface area contributed by atoms with Crippen LogP contribution in [0, 0.1) is 11.8 Å². The fourth-order valence-corrected chi connectivity index (χ4v) is 5.25. The van der Waals surface area contributed by atoms with E-state index < -0.39 is 0 Å². The van der Waals surface area contributed by atoms with Crippen LogP contribution in [0.2, 0.25) is 0 Å². The molecule has 0 aromatic heterocycles. The zero-order chi connectivity index (χ0) is 25.8. The lowest BCUT2D eigenvalue weighted by molar-refractivity contribution is -0.120. The second kappa shape index (κ2) is 11.0. The summed E-state index contributed by atoms with van der Waals surface area (Å²) in [4.78, 5) is 30.3. The van der Waals surface area contributed by atoms with Crippen LogP contribution in [0.1, 0.15) is 60.9 Å². The van der Waals surface area contributed by atoms with Crippen molar-refractivity contribution in [3.8, 4) is 5.75 Å². The number of amides is 2. The van der Waals surface area contributed by atoms with Gasteiger partial charge in [-0.1, -0.05) is 50.5 Å². The van der Waals surface area contributed by atoms with Crippen molar-refractivity contribution in [3.05, 3.63) is 84.1 Å². The van der Waals surface area contributed by atoms with Gasteiger partial charge >= 0.3 is 0 Å². The van der Waals surface area contributed by atoms with Gasteiger partial charge in [0.2, 0.25) is 5.91 Å². The summed E-state index contributed by atoms with van der Waals surface area (Å²) in [6.45, 7) is 4.30. The number of rotatable bonds is 6. The number of methoxy groups -OCH3 is 1. The Bertz CT molecular complexity index is 1300. The van der Waals surface area contributed by atoms with Gasteiger partial charge in [-0.3, -0.25) is 14.6 Å². The lowest BCUT2D eigenvalue weighted by atomic mass is 9.89. The maximum absolute atomic E-state index is 12.8. The lowest BCUT2D eigenvalue weighted by Crippen LogP contribution is -2.24. The molecule has 2 aliphatic carbocycles. The Hall–Kier alpha value is -3.93. The molecule has 5 rings (SSSR count). The molecule has 6 nitrogen and oxygen atoms in total. The number of carbonyl (C=O) groups excluding carboxylic acids is 2. The molecule has 0 spiro atoms. The number of ether oxygens (including phenoxy) is 1. The van der Waals surface area contributed by atoms with Crippen molar-refractivity contribution in [3.63, 3.8) is 0 Å². The first-order valence-electron chi connectivity index (χ1n) is 13.1. The maximum atomic E-state index is 12.8. The average Bonchev–Trinajstić information content (AvgIpc) is 3.08. The third kappa shape index (κ3) is 5.58. The summed E-state index contributed by atoms with van der Waals surface area (Å²) in [6.07, 6.45) is 13.4. The fourth-order valence-electron chi connectivity index (χ4n) is 5.25. The van der Waals surface area contributed by atoms with Crippen LogP contribution < -0.4 is 15.4 Å². The third-order valence-electron chi connectivity index (χ3n) is 7.43. The van der Waals surface area contributed by atoms with E-state index in [4.69, 9.17) is 9.73 Å². The van der Waals surface area contributed by atoms with Gasteiger partial charge in [-0.2, -0.15) is 0 Å². The molecule has 190 valence electrons. The number of aliphatic imine (C=N–C) groups is 1. The van der Waals surface area contributed by atoms with Crippen molar-refractivity contribution in [2.75, 3.05) is 12.4 Å². The van der Waals surface area contributed by atoms with E-state index in [-0.39, 0.29) is 23.7 Å². The van der Waals surface area contributed by atoms with Crippen LogP contribution in [0.25, 0.3) is 5.57 Å². The molecule has 2 aromatic rings. The number of nitrogens with zero attached hydrogens (tertiary/aromatic N) is 1. The summed E-state index contributed by atoms with van der Waals surface area (Å²) in [6, 6.07) is 12.9. The van der Waals surface area contributed by atoms with E-state index in [1.54, 1.807) is 31.4 Å². The minimum absolute atomic E-state index is 0.0746. The van der Waals surface area contributed by atoms with Gasteiger partial charge in [0.25, 0.3) is 5.91 Å². The Balaban J connectivity index is 1.21. The lowest BCUT2D eigenvalue weighted by Gasteiger charge is -2.18. The van der Waals surface area contributed by atoms with E-state index >= 15 is 0 Å². The molecule has 0 saturated heterocycles. The maximum Gasteiger partial charge on any atom is 0.255 e. The normalized spacial score (nSPS) is 19.4. The zero-order valence-electron chi connectivity index (χ0n) is 21.3. The minimum Gasteiger partial charge on any atom is -0.497 e. The summed E-state index contributed by atoms with van der Waals surface area (Å²) >= 11 is 0. The molecule has 2 amide bonds. The van der Waals surface area contributed by atoms with E-state index in [1.807, 2.05) is 30.4 Å². The number of benzene rings is 2. The van der Waals surface area contributed by atoms with Gasteiger partial charge < -0.3 is 15.4 Å². The second-order valence-corrected chi connectivity index (χ2v) is 9.93. The third-order valence-corrected chi connectivity index (χ3v) is 7.43. The predicted octanol–water partition coefficient (Wildman–Crippen LogP) is 6.59. The van der Waals surface area contributed by atoms with Crippen LogP contribution in [-0.2, 0) is 4.79 Å². The van der Waals surface area contributed by atoms with E-state index in [9.17, 15) is 9.59 Å². The summed E-state index contributed by atoms with van der Waals surface area (Å²) in [7, 11) is 1.60. The molecule has 1 fully saturated rings. The van der Waals surface area contributed by atoms with Gasteiger partial charge in [0.05, 0.1) is 18.5 Å². The van der Waals surface area contributed by atoms with Gasteiger partial charge in [0, 0.05) is 34.3 Å². The Kier molecular flexibility index (Phi) is 7.35. The number of hydrogen-bond donors (Lipinski definition) is 2. The summed E-state index contributed by atoms with van der Waals surface area (Å²) < 4.78 is 5.15. The van der Waals surface area contributed by atoms with Crippen molar-refractivity contribution < 1.29 is 14.3 Å². The molecule has 1 aliphatic heterocycles. The van der Waals surface area contributed by atoms with Gasteiger partial charge in [-0.15, -0.1) is 0 Å². The molecule has 37 heavy (non-hydrogen) atoms. The van der Waals surface area contributed by atoms with E-state index in [0.29, 0.717) is 17.7 Å². The number of hydrogen-bond acceptors (Lipinski definition) is 4. The zero-order valence-corrected chi connectivity index (χ0v) is 21.3. The van der Waals surface area contributed by atoms with Crippen molar-refractivity contribution in [1.29, 1.82) is 0 Å². The predicted molar refractivity (Wildman–Crippen MR) is 148 cm³/mol. The minimum atomic E-state index is -0.162. The molecule has 0 radical (unpaired) electrons. The molecular weight excluding hydrogens is 462 g/mol. The molecule has 3 aliphatic rings. The van der Waals surface area contributed by atoms with Crippen molar-refractivity contribution >= 4 is 34.5 Å². The molecular formula is C31H33N3O3. The summed E-state index contributed by atoms with van der Waals surface area (Å²) in [5, 5.41) is 6.07. The first-order valence-corrected chi connectivity index (χ1v) is 13.1. The number of nitrogens with one attached hydrogen (secondary N) is 2. The Labute approximate surface area is 218 Å². The fraction of sp³-hybridized carbons (Fsp3) is 0.323. The smallest absolute Gasteiger partial charge is 0.255 e. The quantitative estimate of drug-likeness (QED) is 0.444. The van der Waals surface area contributed by atoms with Gasteiger partial charge in [0.15, 0.2) is 0 Å². The van der Waals surface area contributed by atoms with Crippen LogP contribution in [0.4, 0.5) is 11.4 Å². The first kappa shape index (κ1) is 24.8. The molecule has 6 heteroatoms. The Morgan fingerprint density at radius 3 is 2.43 bits per heavy atom. The molecule has 0 bridgehead atoms. The van der Waals surface area contributed by atoms with Crippen LogP contribution in [-0.4, -0.2) is 24.6 Å². The first-order chi connectivity index (χ1) is 18.0. The molecule has 2 aromatic carbocycles. The highest BCUT2D eigenvalue weighted by atomic mass is 16.5. The second-order valence-electron chi connectivity index (χ2n) is 9.93. The number of anilines is 1. The highest BCUT2D eigenvalue weighted by Crippen LogP contribution is 2.39. The Morgan fingerprint density at radius 2 is 1.76 bits per heavy atom.